The van der Waals surface area contributed by atoms with Crippen LogP contribution < -0.4 is 14.4 Å². The standard InChI is InChI=1S/C24H28N4O4S/c1-30-14-6-12-28-23(18-9-10-20(31-2)21(15-18)32-3)25-26-24(28)33-16-22(29)27-13-11-17-7-4-5-8-19(17)27/h4-5,7-10,15H,6,11-14,16H2,1-3H3. The minimum absolute atomic E-state index is 0.0732. The Morgan fingerprint density at radius 1 is 1.06 bits per heavy atom. The second kappa shape index (κ2) is 10.7. The lowest BCUT2D eigenvalue weighted by molar-refractivity contribution is -0.116. The molecule has 2 heterocycles. The van der Waals surface area contributed by atoms with Crippen LogP contribution in [0.15, 0.2) is 47.6 Å². The molecule has 1 amide bonds. The van der Waals surface area contributed by atoms with Crippen LogP contribution >= 0.6 is 11.8 Å². The highest BCUT2D eigenvalue weighted by Gasteiger charge is 2.25. The monoisotopic (exact) mass is 468 g/mol. The Labute approximate surface area is 197 Å². The second-order valence-electron chi connectivity index (χ2n) is 7.59. The summed E-state index contributed by atoms with van der Waals surface area (Å²) in [5.74, 6) is 2.36. The SMILES string of the molecule is COCCCn1c(SCC(=O)N2CCc3ccccc32)nnc1-c1ccc(OC)c(OC)c1. The first kappa shape index (κ1) is 23.1. The van der Waals surface area contributed by atoms with Gasteiger partial charge in [-0.05, 0) is 42.7 Å². The van der Waals surface area contributed by atoms with Crippen LogP contribution in [0.25, 0.3) is 11.4 Å². The summed E-state index contributed by atoms with van der Waals surface area (Å²) < 4.78 is 18.1. The van der Waals surface area contributed by atoms with Gasteiger partial charge in [-0.3, -0.25) is 4.79 Å². The van der Waals surface area contributed by atoms with Crippen LogP contribution in [0.1, 0.15) is 12.0 Å². The summed E-state index contributed by atoms with van der Waals surface area (Å²) in [6, 6.07) is 13.7. The molecule has 3 aromatic rings. The summed E-state index contributed by atoms with van der Waals surface area (Å²) in [7, 11) is 4.90. The first-order chi connectivity index (χ1) is 16.2. The average Bonchev–Trinajstić information content (AvgIpc) is 3.46. The topological polar surface area (TPSA) is 78.7 Å². The summed E-state index contributed by atoms with van der Waals surface area (Å²) in [4.78, 5) is 14.8. The van der Waals surface area contributed by atoms with E-state index in [1.165, 1.54) is 17.3 Å². The number of hydrogen-bond donors (Lipinski definition) is 0. The Hall–Kier alpha value is -3.04. The van der Waals surface area contributed by atoms with Crippen LogP contribution in [0.5, 0.6) is 11.5 Å². The van der Waals surface area contributed by atoms with Gasteiger partial charge in [0.15, 0.2) is 22.5 Å². The molecular formula is C24H28N4O4S. The van der Waals surface area contributed by atoms with Crippen molar-refractivity contribution in [2.24, 2.45) is 0 Å². The Bertz CT molecular complexity index is 1120. The third kappa shape index (κ3) is 4.99. The highest BCUT2D eigenvalue weighted by Crippen LogP contribution is 2.33. The Balaban J connectivity index is 1.54. The zero-order chi connectivity index (χ0) is 23.2. The van der Waals surface area contributed by atoms with Crippen LogP contribution in [0.2, 0.25) is 0 Å². The molecule has 1 aliphatic rings. The van der Waals surface area contributed by atoms with Gasteiger partial charge in [0.25, 0.3) is 0 Å². The molecular weight excluding hydrogens is 440 g/mol. The maximum Gasteiger partial charge on any atom is 0.237 e. The van der Waals surface area contributed by atoms with Crippen molar-refractivity contribution >= 4 is 23.4 Å². The van der Waals surface area contributed by atoms with Gasteiger partial charge in [0.2, 0.25) is 5.91 Å². The van der Waals surface area contributed by atoms with Crippen molar-refractivity contribution < 1.29 is 19.0 Å². The number of amides is 1. The van der Waals surface area contributed by atoms with Crippen molar-refractivity contribution in [3.8, 4) is 22.9 Å². The maximum atomic E-state index is 13.0. The molecule has 174 valence electrons. The van der Waals surface area contributed by atoms with E-state index in [1.807, 2.05) is 45.9 Å². The van der Waals surface area contributed by atoms with Crippen molar-refractivity contribution in [1.82, 2.24) is 14.8 Å². The summed E-state index contributed by atoms with van der Waals surface area (Å²) in [5.41, 5.74) is 3.09. The number of fused-ring (bicyclic) bond motifs is 1. The molecule has 2 aromatic carbocycles. The van der Waals surface area contributed by atoms with Gasteiger partial charge in [0.05, 0.1) is 20.0 Å². The molecule has 0 spiro atoms. The predicted molar refractivity (Wildman–Crippen MR) is 128 cm³/mol. The lowest BCUT2D eigenvalue weighted by Crippen LogP contribution is -2.30. The number of rotatable bonds is 10. The van der Waals surface area contributed by atoms with E-state index in [0.717, 1.165) is 30.6 Å². The predicted octanol–water partition coefficient (Wildman–Crippen LogP) is 3.68. The van der Waals surface area contributed by atoms with Crippen molar-refractivity contribution in [2.45, 2.75) is 24.5 Å². The van der Waals surface area contributed by atoms with E-state index >= 15 is 0 Å². The van der Waals surface area contributed by atoms with E-state index in [1.54, 1.807) is 21.3 Å². The maximum absolute atomic E-state index is 13.0. The number of methoxy groups -OCH3 is 3. The molecule has 4 rings (SSSR count). The van der Waals surface area contributed by atoms with Crippen LogP contribution in [0.3, 0.4) is 0 Å². The Morgan fingerprint density at radius 3 is 2.67 bits per heavy atom. The smallest absolute Gasteiger partial charge is 0.237 e. The van der Waals surface area contributed by atoms with Gasteiger partial charge in [-0.25, -0.2) is 0 Å². The number of thioether (sulfide) groups is 1. The van der Waals surface area contributed by atoms with Crippen LogP contribution in [-0.4, -0.2) is 60.9 Å². The number of nitrogens with zero attached hydrogens (tertiary/aromatic N) is 4. The van der Waals surface area contributed by atoms with Crippen molar-refractivity contribution in [3.05, 3.63) is 48.0 Å². The molecule has 0 unspecified atom stereocenters. The van der Waals surface area contributed by atoms with E-state index in [0.29, 0.717) is 41.4 Å². The highest BCUT2D eigenvalue weighted by molar-refractivity contribution is 7.99. The molecule has 0 saturated heterocycles. The van der Waals surface area contributed by atoms with E-state index in [4.69, 9.17) is 14.2 Å². The van der Waals surface area contributed by atoms with Gasteiger partial charge in [-0.1, -0.05) is 30.0 Å². The zero-order valence-corrected chi connectivity index (χ0v) is 19.9. The lowest BCUT2D eigenvalue weighted by Gasteiger charge is -2.17. The van der Waals surface area contributed by atoms with Gasteiger partial charge >= 0.3 is 0 Å². The van der Waals surface area contributed by atoms with Gasteiger partial charge in [0.1, 0.15) is 0 Å². The fourth-order valence-electron chi connectivity index (χ4n) is 3.95. The van der Waals surface area contributed by atoms with Gasteiger partial charge in [0, 0.05) is 38.1 Å². The number of carbonyl (C=O) groups is 1. The zero-order valence-electron chi connectivity index (χ0n) is 19.1. The number of benzene rings is 2. The summed E-state index contributed by atoms with van der Waals surface area (Å²) in [6.07, 6.45) is 1.69. The molecule has 0 bridgehead atoms. The molecule has 9 heteroatoms. The van der Waals surface area contributed by atoms with E-state index in [9.17, 15) is 4.79 Å². The van der Waals surface area contributed by atoms with Crippen molar-refractivity contribution in [1.29, 1.82) is 0 Å². The van der Waals surface area contributed by atoms with E-state index < -0.39 is 0 Å². The third-order valence-corrected chi connectivity index (χ3v) is 6.55. The molecule has 0 fully saturated rings. The largest absolute Gasteiger partial charge is 0.493 e. The number of ether oxygens (including phenoxy) is 3. The summed E-state index contributed by atoms with van der Waals surface area (Å²) in [6.45, 7) is 2.01. The normalized spacial score (nSPS) is 12.6. The molecule has 0 atom stereocenters. The quantitative estimate of drug-likeness (QED) is 0.332. The summed E-state index contributed by atoms with van der Waals surface area (Å²) >= 11 is 1.41. The average molecular weight is 469 g/mol. The van der Waals surface area contributed by atoms with Gasteiger partial charge in [-0.2, -0.15) is 0 Å². The van der Waals surface area contributed by atoms with E-state index in [2.05, 4.69) is 16.3 Å². The third-order valence-electron chi connectivity index (χ3n) is 5.60. The molecule has 1 aliphatic heterocycles. The first-order valence-electron chi connectivity index (χ1n) is 10.8. The first-order valence-corrected chi connectivity index (χ1v) is 11.8. The van der Waals surface area contributed by atoms with Gasteiger partial charge < -0.3 is 23.7 Å². The molecule has 33 heavy (non-hydrogen) atoms. The Morgan fingerprint density at radius 2 is 1.88 bits per heavy atom. The van der Waals surface area contributed by atoms with E-state index in [-0.39, 0.29) is 5.91 Å². The van der Waals surface area contributed by atoms with Crippen LogP contribution in [0, 0.1) is 0 Å². The summed E-state index contributed by atoms with van der Waals surface area (Å²) in [5, 5.41) is 9.55. The Kier molecular flexibility index (Phi) is 7.51. The minimum atomic E-state index is 0.0732. The van der Waals surface area contributed by atoms with Crippen molar-refractivity contribution in [2.75, 3.05) is 45.1 Å². The number of anilines is 1. The van der Waals surface area contributed by atoms with Gasteiger partial charge in [-0.15, -0.1) is 10.2 Å². The fourth-order valence-corrected chi connectivity index (χ4v) is 4.79. The fraction of sp³-hybridized carbons (Fsp3) is 0.375. The number of carbonyl (C=O) groups excluding carboxylic acids is 1. The molecule has 0 saturated carbocycles. The number of para-hydroxylation sites is 1. The second-order valence-corrected chi connectivity index (χ2v) is 8.53. The molecule has 1 aromatic heterocycles. The molecule has 8 nitrogen and oxygen atoms in total. The van der Waals surface area contributed by atoms with Crippen LogP contribution in [0.4, 0.5) is 5.69 Å². The number of aromatic nitrogens is 3. The van der Waals surface area contributed by atoms with Crippen molar-refractivity contribution in [3.63, 3.8) is 0 Å². The minimum Gasteiger partial charge on any atom is -0.493 e. The molecule has 0 N–H and O–H groups in total. The molecule has 0 radical (unpaired) electrons. The van der Waals surface area contributed by atoms with Crippen LogP contribution in [-0.2, 0) is 22.5 Å². The lowest BCUT2D eigenvalue weighted by atomic mass is 10.2. The number of hydrogen-bond acceptors (Lipinski definition) is 7. The highest BCUT2D eigenvalue weighted by atomic mass is 32.2. The molecule has 0 aliphatic carbocycles.